The molecule has 2 aromatic carbocycles. The molecule has 4 rings (SSSR count). The van der Waals surface area contributed by atoms with E-state index in [1.165, 1.54) is 0 Å². The summed E-state index contributed by atoms with van der Waals surface area (Å²) in [5.74, 6) is 0.792. The van der Waals surface area contributed by atoms with E-state index >= 15 is 0 Å². The first-order valence-electron chi connectivity index (χ1n) is 10.4. The Balaban J connectivity index is 1.49. The highest BCUT2D eigenvalue weighted by molar-refractivity contribution is 6.31. The monoisotopic (exact) mass is 450 g/mol. The number of halogens is 1. The second kappa shape index (κ2) is 9.83. The first-order valence-corrected chi connectivity index (χ1v) is 10.8. The van der Waals surface area contributed by atoms with E-state index in [9.17, 15) is 20.4 Å². The van der Waals surface area contributed by atoms with Crippen LogP contribution in [0.25, 0.3) is 0 Å². The molecule has 2 heterocycles. The average Bonchev–Trinajstić information content (AvgIpc) is 3.28. The van der Waals surface area contributed by atoms with Crippen LogP contribution in [-0.4, -0.2) is 70.8 Å². The second-order valence-corrected chi connectivity index (χ2v) is 8.43. The van der Waals surface area contributed by atoms with E-state index < -0.39 is 37.1 Å². The molecule has 0 saturated carbocycles. The van der Waals surface area contributed by atoms with Crippen molar-refractivity contribution < 1.29 is 34.6 Å². The Morgan fingerprint density at radius 1 is 1.00 bits per heavy atom. The highest BCUT2D eigenvalue weighted by Gasteiger charge is 2.44. The highest BCUT2D eigenvalue weighted by Crippen LogP contribution is 2.34. The van der Waals surface area contributed by atoms with Gasteiger partial charge in [0.1, 0.15) is 42.4 Å². The molecule has 168 valence electrons. The van der Waals surface area contributed by atoms with Gasteiger partial charge in [0.25, 0.3) is 0 Å². The molecule has 0 amide bonds. The second-order valence-electron chi connectivity index (χ2n) is 8.02. The number of hydrogen-bond acceptors (Lipinski definition) is 7. The van der Waals surface area contributed by atoms with Gasteiger partial charge >= 0.3 is 0 Å². The summed E-state index contributed by atoms with van der Waals surface area (Å²) in [6, 6.07) is 13.0. The van der Waals surface area contributed by atoms with Gasteiger partial charge in [-0.2, -0.15) is 0 Å². The van der Waals surface area contributed by atoms with Crippen molar-refractivity contribution in [3.63, 3.8) is 0 Å². The maximum Gasteiger partial charge on any atom is 0.124 e. The van der Waals surface area contributed by atoms with Crippen LogP contribution in [0.2, 0.25) is 5.02 Å². The summed E-state index contributed by atoms with van der Waals surface area (Å²) in [6.45, 7) is 0.872. The van der Waals surface area contributed by atoms with Crippen molar-refractivity contribution in [2.45, 2.75) is 49.5 Å². The van der Waals surface area contributed by atoms with E-state index in [2.05, 4.69) is 0 Å². The van der Waals surface area contributed by atoms with Crippen LogP contribution < -0.4 is 4.74 Å². The van der Waals surface area contributed by atoms with E-state index in [-0.39, 0.29) is 6.10 Å². The number of aliphatic hydroxyl groups excluding tert-OH is 4. The molecule has 6 atom stereocenters. The zero-order valence-electron chi connectivity index (χ0n) is 16.9. The van der Waals surface area contributed by atoms with Crippen LogP contribution in [0, 0.1) is 0 Å². The van der Waals surface area contributed by atoms with Crippen molar-refractivity contribution in [2.75, 3.05) is 19.8 Å². The Labute approximate surface area is 185 Å². The van der Waals surface area contributed by atoms with Crippen molar-refractivity contribution in [3.8, 4) is 5.75 Å². The van der Waals surface area contributed by atoms with Crippen LogP contribution in [0.15, 0.2) is 42.5 Å². The lowest BCUT2D eigenvalue weighted by atomic mass is 9.90. The predicted octanol–water partition coefficient (Wildman–Crippen LogP) is 1.61. The Bertz CT molecular complexity index is 867. The fourth-order valence-electron chi connectivity index (χ4n) is 3.99. The molecule has 5 unspecified atom stereocenters. The molecule has 2 fully saturated rings. The average molecular weight is 451 g/mol. The number of benzene rings is 2. The molecule has 0 aliphatic carbocycles. The Morgan fingerprint density at radius 3 is 2.45 bits per heavy atom. The van der Waals surface area contributed by atoms with Crippen LogP contribution in [0.1, 0.15) is 29.2 Å². The summed E-state index contributed by atoms with van der Waals surface area (Å²) in [6.07, 6.45) is -4.46. The molecule has 0 spiro atoms. The van der Waals surface area contributed by atoms with E-state index in [4.69, 9.17) is 25.8 Å². The fraction of sp³-hybridized carbons (Fsp3) is 0.478. The number of aliphatic hydroxyl groups is 4. The molecule has 7 nitrogen and oxygen atoms in total. The fourth-order valence-corrected chi connectivity index (χ4v) is 4.17. The zero-order valence-corrected chi connectivity index (χ0v) is 17.7. The minimum atomic E-state index is -1.42. The Hall–Kier alpha value is -1.71. The van der Waals surface area contributed by atoms with Crippen LogP contribution in [0.3, 0.4) is 0 Å². The molecule has 8 heteroatoms. The summed E-state index contributed by atoms with van der Waals surface area (Å²) in [5.41, 5.74) is 2.47. The summed E-state index contributed by atoms with van der Waals surface area (Å²) < 4.78 is 16.9. The maximum atomic E-state index is 10.4. The minimum absolute atomic E-state index is 0.0931. The topological polar surface area (TPSA) is 109 Å². The quantitative estimate of drug-likeness (QED) is 0.529. The molecule has 2 saturated heterocycles. The van der Waals surface area contributed by atoms with Crippen LogP contribution in [0.4, 0.5) is 0 Å². The summed E-state index contributed by atoms with van der Waals surface area (Å²) in [4.78, 5) is 0. The lowest BCUT2D eigenvalue weighted by Crippen LogP contribution is -2.55. The highest BCUT2D eigenvalue weighted by atomic mass is 35.5. The van der Waals surface area contributed by atoms with Gasteiger partial charge in [0, 0.05) is 11.4 Å². The predicted molar refractivity (Wildman–Crippen MR) is 113 cm³/mol. The number of ether oxygens (including phenoxy) is 3. The number of hydrogen-bond donors (Lipinski definition) is 4. The molecule has 4 N–H and O–H groups in total. The van der Waals surface area contributed by atoms with Gasteiger partial charge in [-0.15, -0.1) is 0 Å². The van der Waals surface area contributed by atoms with Crippen LogP contribution in [0.5, 0.6) is 5.75 Å². The van der Waals surface area contributed by atoms with Crippen molar-refractivity contribution in [1.29, 1.82) is 0 Å². The molecular formula is C23H27ClO7. The van der Waals surface area contributed by atoms with Gasteiger partial charge in [-0.1, -0.05) is 35.9 Å². The third kappa shape index (κ3) is 5.04. The van der Waals surface area contributed by atoms with Gasteiger partial charge in [-0.25, -0.2) is 0 Å². The third-order valence-electron chi connectivity index (χ3n) is 5.80. The molecule has 31 heavy (non-hydrogen) atoms. The molecule has 0 bridgehead atoms. The van der Waals surface area contributed by atoms with Gasteiger partial charge in [0.2, 0.25) is 0 Å². The van der Waals surface area contributed by atoms with Gasteiger partial charge in [-0.3, -0.25) is 0 Å². The van der Waals surface area contributed by atoms with Gasteiger partial charge in [0.15, 0.2) is 0 Å². The summed E-state index contributed by atoms with van der Waals surface area (Å²) in [7, 11) is 0. The first-order chi connectivity index (χ1) is 15.0. The summed E-state index contributed by atoms with van der Waals surface area (Å²) >= 11 is 6.40. The lowest BCUT2D eigenvalue weighted by Gasteiger charge is -2.40. The van der Waals surface area contributed by atoms with Crippen molar-refractivity contribution in [3.05, 3.63) is 64.2 Å². The van der Waals surface area contributed by atoms with E-state index in [1.807, 2.05) is 30.3 Å². The molecule has 0 aromatic heterocycles. The number of rotatable bonds is 6. The van der Waals surface area contributed by atoms with Crippen molar-refractivity contribution in [2.24, 2.45) is 0 Å². The van der Waals surface area contributed by atoms with E-state index in [0.717, 1.165) is 29.9 Å². The molecule has 0 radical (unpaired) electrons. The van der Waals surface area contributed by atoms with E-state index in [1.54, 1.807) is 12.1 Å². The van der Waals surface area contributed by atoms with Gasteiger partial charge in [-0.05, 0) is 41.3 Å². The Morgan fingerprint density at radius 2 is 1.77 bits per heavy atom. The smallest absolute Gasteiger partial charge is 0.124 e. The standard InChI is InChI=1S/C23H27ClO7/c24-18-6-3-14(23-22(28)21(27)20(26)19(11-25)31-23)10-15(18)9-13-1-4-16(5-2-13)30-17-7-8-29-12-17/h1-6,10,17,19-23,25-28H,7-9,11-12H2/t17-,19?,20?,21?,22?,23?/m1/s1. The van der Waals surface area contributed by atoms with Gasteiger partial charge in [0.05, 0.1) is 19.8 Å². The lowest BCUT2D eigenvalue weighted by molar-refractivity contribution is -0.231. The summed E-state index contributed by atoms with van der Waals surface area (Å²) in [5, 5.41) is 40.5. The zero-order chi connectivity index (χ0) is 22.0. The van der Waals surface area contributed by atoms with Crippen molar-refractivity contribution >= 4 is 11.6 Å². The molecule has 2 aromatic rings. The van der Waals surface area contributed by atoms with Crippen LogP contribution >= 0.6 is 11.6 Å². The Kier molecular flexibility index (Phi) is 7.13. The molecular weight excluding hydrogens is 424 g/mol. The van der Waals surface area contributed by atoms with E-state index in [0.29, 0.717) is 23.6 Å². The normalized spacial score (nSPS) is 31.0. The first kappa shape index (κ1) is 22.5. The van der Waals surface area contributed by atoms with Crippen LogP contribution in [-0.2, 0) is 15.9 Å². The SMILES string of the molecule is OCC1OC(c2ccc(Cl)c(Cc3ccc(O[C@@H]4CCOC4)cc3)c2)C(O)C(O)C1O. The maximum absolute atomic E-state index is 10.4. The minimum Gasteiger partial charge on any atom is -0.488 e. The largest absolute Gasteiger partial charge is 0.488 e. The third-order valence-corrected chi connectivity index (χ3v) is 6.17. The van der Waals surface area contributed by atoms with Gasteiger partial charge < -0.3 is 34.6 Å². The van der Waals surface area contributed by atoms with Crippen molar-refractivity contribution in [1.82, 2.24) is 0 Å². The molecule has 2 aliphatic heterocycles. The molecule has 2 aliphatic rings.